The minimum absolute atomic E-state index is 0.118. The maximum Gasteiger partial charge on any atom is 0.251 e. The summed E-state index contributed by atoms with van der Waals surface area (Å²) in [6, 6.07) is 5.37. The van der Waals surface area contributed by atoms with Gasteiger partial charge in [-0.2, -0.15) is 0 Å². The van der Waals surface area contributed by atoms with Gasteiger partial charge in [0.25, 0.3) is 5.91 Å². The van der Waals surface area contributed by atoms with E-state index < -0.39 is 5.91 Å². The van der Waals surface area contributed by atoms with E-state index in [9.17, 15) is 4.79 Å². The number of amides is 1. The van der Waals surface area contributed by atoms with Gasteiger partial charge in [-0.1, -0.05) is 11.6 Å². The summed E-state index contributed by atoms with van der Waals surface area (Å²) in [4.78, 5) is 19.2. The lowest BCUT2D eigenvalue weighted by molar-refractivity contribution is 0.1000. The molecular weight excluding hydrogens is 238 g/mol. The molecule has 0 saturated heterocycles. The Morgan fingerprint density at radius 1 is 1.29 bits per heavy atom. The lowest BCUT2D eigenvalue weighted by atomic mass is 10.1. The normalized spacial score (nSPS) is 10.2. The summed E-state index contributed by atoms with van der Waals surface area (Å²) in [6.07, 6.45) is 3.30. The van der Waals surface area contributed by atoms with Crippen molar-refractivity contribution in [2.24, 2.45) is 5.73 Å². The molecule has 0 unspecified atom stereocenters. The molecule has 0 aliphatic rings. The highest BCUT2D eigenvalue weighted by atomic mass is 35.5. The van der Waals surface area contributed by atoms with Gasteiger partial charge < -0.3 is 5.73 Å². The molecule has 86 valence electrons. The van der Waals surface area contributed by atoms with Crippen molar-refractivity contribution in [2.75, 3.05) is 0 Å². The van der Waals surface area contributed by atoms with Crippen LogP contribution in [0.3, 0.4) is 0 Å². The Morgan fingerprint density at radius 2 is 2.06 bits per heavy atom. The van der Waals surface area contributed by atoms with Gasteiger partial charge in [0.2, 0.25) is 0 Å². The first kappa shape index (κ1) is 11.5. The van der Waals surface area contributed by atoms with Crippen LogP contribution in [0, 0.1) is 6.92 Å². The maximum absolute atomic E-state index is 11.2. The number of nitrogens with two attached hydrogens (primary N) is 1. The number of primary amides is 1. The van der Waals surface area contributed by atoms with E-state index in [2.05, 4.69) is 9.97 Å². The molecule has 0 aromatic carbocycles. The summed E-state index contributed by atoms with van der Waals surface area (Å²) >= 11 is 5.79. The van der Waals surface area contributed by atoms with E-state index in [4.69, 9.17) is 17.3 Å². The molecular formula is C12H10ClN3O. The van der Waals surface area contributed by atoms with Crippen LogP contribution in [0.2, 0.25) is 5.15 Å². The van der Waals surface area contributed by atoms with Gasteiger partial charge in [0.05, 0.1) is 5.56 Å². The fraction of sp³-hybridized carbons (Fsp3) is 0.0833. The van der Waals surface area contributed by atoms with Crippen LogP contribution in [0.5, 0.6) is 0 Å². The average molecular weight is 248 g/mol. The van der Waals surface area contributed by atoms with Crippen LogP contribution in [0.1, 0.15) is 16.1 Å². The highest BCUT2D eigenvalue weighted by Gasteiger charge is 2.10. The van der Waals surface area contributed by atoms with Crippen molar-refractivity contribution in [1.29, 1.82) is 0 Å². The largest absolute Gasteiger partial charge is 0.366 e. The number of rotatable bonds is 2. The van der Waals surface area contributed by atoms with Crippen LogP contribution >= 0.6 is 11.6 Å². The lowest BCUT2D eigenvalue weighted by Crippen LogP contribution is -2.12. The molecule has 2 rings (SSSR count). The van der Waals surface area contributed by atoms with Gasteiger partial charge in [0.1, 0.15) is 5.15 Å². The van der Waals surface area contributed by atoms with Gasteiger partial charge in [-0.25, -0.2) is 4.98 Å². The van der Waals surface area contributed by atoms with Crippen molar-refractivity contribution in [3.05, 3.63) is 47.0 Å². The van der Waals surface area contributed by atoms with E-state index in [0.29, 0.717) is 0 Å². The number of halogens is 1. The first-order valence-corrected chi connectivity index (χ1v) is 5.34. The Morgan fingerprint density at radius 3 is 2.71 bits per heavy atom. The second kappa shape index (κ2) is 4.51. The fourth-order valence-corrected chi connectivity index (χ4v) is 1.70. The molecule has 2 aromatic rings. The summed E-state index contributed by atoms with van der Waals surface area (Å²) in [5, 5.41) is 0.118. The van der Waals surface area contributed by atoms with E-state index in [1.54, 1.807) is 18.5 Å². The van der Waals surface area contributed by atoms with Crippen molar-refractivity contribution in [3.63, 3.8) is 0 Å². The van der Waals surface area contributed by atoms with Gasteiger partial charge in [0.15, 0.2) is 0 Å². The van der Waals surface area contributed by atoms with Crippen LogP contribution in [0.25, 0.3) is 11.1 Å². The van der Waals surface area contributed by atoms with Crippen molar-refractivity contribution >= 4 is 17.5 Å². The standard InChI is InChI=1S/C12H10ClN3O/c1-7-4-8(2-3-15-7)9-5-10(12(14)17)11(13)16-6-9/h2-6H,1H3,(H2,14,17). The summed E-state index contributed by atoms with van der Waals surface area (Å²) < 4.78 is 0. The Hall–Kier alpha value is -1.94. The number of nitrogens with zero attached hydrogens (tertiary/aromatic N) is 2. The first-order chi connectivity index (χ1) is 8.08. The fourth-order valence-electron chi connectivity index (χ4n) is 1.50. The summed E-state index contributed by atoms with van der Waals surface area (Å²) in [7, 11) is 0. The SMILES string of the molecule is Cc1cc(-c2cnc(Cl)c(C(N)=O)c2)ccn1. The number of aromatic nitrogens is 2. The molecule has 5 heteroatoms. The van der Waals surface area contributed by atoms with E-state index in [0.717, 1.165) is 16.8 Å². The van der Waals surface area contributed by atoms with Crippen LogP contribution in [0.15, 0.2) is 30.6 Å². The van der Waals surface area contributed by atoms with Crippen molar-refractivity contribution < 1.29 is 4.79 Å². The smallest absolute Gasteiger partial charge is 0.251 e. The van der Waals surface area contributed by atoms with Crippen molar-refractivity contribution in [3.8, 4) is 11.1 Å². The van der Waals surface area contributed by atoms with Crippen LogP contribution in [-0.4, -0.2) is 15.9 Å². The topological polar surface area (TPSA) is 68.9 Å². The molecule has 0 radical (unpaired) electrons. The third-order valence-corrected chi connectivity index (χ3v) is 2.64. The monoisotopic (exact) mass is 247 g/mol. The van der Waals surface area contributed by atoms with Crippen molar-refractivity contribution in [1.82, 2.24) is 9.97 Å². The maximum atomic E-state index is 11.2. The Balaban J connectivity index is 2.54. The van der Waals surface area contributed by atoms with Crippen LogP contribution in [0.4, 0.5) is 0 Å². The molecule has 0 aliphatic carbocycles. The number of carbonyl (C=O) groups excluding carboxylic acids is 1. The van der Waals surface area contributed by atoms with Crippen molar-refractivity contribution in [2.45, 2.75) is 6.92 Å². The summed E-state index contributed by atoms with van der Waals surface area (Å²) in [6.45, 7) is 1.89. The summed E-state index contributed by atoms with van der Waals surface area (Å²) in [5.74, 6) is -0.588. The van der Waals surface area contributed by atoms with Gasteiger partial charge in [-0.3, -0.25) is 9.78 Å². The number of hydrogen-bond acceptors (Lipinski definition) is 3. The molecule has 0 aliphatic heterocycles. The predicted molar refractivity (Wildman–Crippen MR) is 65.7 cm³/mol. The number of aryl methyl sites for hydroxylation is 1. The molecule has 2 N–H and O–H groups in total. The van der Waals surface area contributed by atoms with E-state index in [1.165, 1.54) is 0 Å². The minimum Gasteiger partial charge on any atom is -0.366 e. The second-order valence-electron chi connectivity index (χ2n) is 3.61. The number of carbonyl (C=O) groups is 1. The zero-order chi connectivity index (χ0) is 12.4. The zero-order valence-electron chi connectivity index (χ0n) is 9.14. The average Bonchev–Trinajstić information content (AvgIpc) is 2.29. The molecule has 2 aromatic heterocycles. The molecule has 1 amide bonds. The molecule has 0 fully saturated rings. The van der Waals surface area contributed by atoms with Crippen LogP contribution < -0.4 is 5.73 Å². The number of pyridine rings is 2. The summed E-state index contributed by atoms with van der Waals surface area (Å²) in [5.41, 5.74) is 8.03. The highest BCUT2D eigenvalue weighted by molar-refractivity contribution is 6.32. The van der Waals surface area contributed by atoms with Crippen LogP contribution in [-0.2, 0) is 0 Å². The molecule has 4 nitrogen and oxygen atoms in total. The molecule has 0 atom stereocenters. The minimum atomic E-state index is -0.588. The third-order valence-electron chi connectivity index (χ3n) is 2.33. The molecule has 17 heavy (non-hydrogen) atoms. The second-order valence-corrected chi connectivity index (χ2v) is 3.97. The van der Waals surface area contributed by atoms with E-state index >= 15 is 0 Å². The van der Waals surface area contributed by atoms with Gasteiger partial charge in [0, 0.05) is 23.7 Å². The van der Waals surface area contributed by atoms with Gasteiger partial charge >= 0.3 is 0 Å². The number of hydrogen-bond donors (Lipinski definition) is 1. The molecule has 2 heterocycles. The van der Waals surface area contributed by atoms with E-state index in [-0.39, 0.29) is 10.7 Å². The molecule has 0 bridgehead atoms. The first-order valence-electron chi connectivity index (χ1n) is 4.96. The van der Waals surface area contributed by atoms with E-state index in [1.807, 2.05) is 19.1 Å². The third kappa shape index (κ3) is 2.42. The molecule has 0 saturated carbocycles. The van der Waals surface area contributed by atoms with Gasteiger partial charge in [-0.05, 0) is 30.7 Å². The lowest BCUT2D eigenvalue weighted by Gasteiger charge is -2.05. The Labute approximate surface area is 103 Å². The van der Waals surface area contributed by atoms with Gasteiger partial charge in [-0.15, -0.1) is 0 Å². The Bertz CT molecular complexity index is 584. The predicted octanol–water partition coefficient (Wildman–Crippen LogP) is 2.20. The quantitative estimate of drug-likeness (QED) is 0.827. The highest BCUT2D eigenvalue weighted by Crippen LogP contribution is 2.22. The zero-order valence-corrected chi connectivity index (χ0v) is 9.90. The Kier molecular flexibility index (Phi) is 3.06. The molecule has 0 spiro atoms.